The first-order valence-corrected chi connectivity index (χ1v) is 23.6. The molecule has 5 heterocycles. The number of hydrogen-bond donors (Lipinski definition) is 3. The number of nitro groups is 1. The molecule has 16 heteroatoms. The van der Waals surface area contributed by atoms with E-state index in [1.807, 2.05) is 0 Å². The number of nitrogens with one attached hydrogen (secondary N) is 3. The first-order chi connectivity index (χ1) is 30.4. The van der Waals surface area contributed by atoms with Crippen LogP contribution in [0.2, 0.25) is 0 Å². The minimum atomic E-state index is -4.62. The number of rotatable bonds is 13. The summed E-state index contributed by atoms with van der Waals surface area (Å²) in [5.74, 6) is -0.990. The topological polar surface area (TPSA) is 172 Å². The molecule has 1 amide bonds. The van der Waals surface area contributed by atoms with Gasteiger partial charge in [0.15, 0.2) is 5.75 Å². The highest BCUT2D eigenvalue weighted by atomic mass is 32.2. The number of nitro benzene ring substituents is 1. The van der Waals surface area contributed by atoms with Crippen LogP contribution in [0.5, 0.6) is 11.5 Å². The third kappa shape index (κ3) is 8.85. The molecule has 1 saturated carbocycles. The van der Waals surface area contributed by atoms with Crippen LogP contribution >= 0.6 is 0 Å². The predicted octanol–water partition coefficient (Wildman–Crippen LogP) is 8.72. The first-order valence-electron chi connectivity index (χ1n) is 22.1. The summed E-state index contributed by atoms with van der Waals surface area (Å²) in [4.78, 5) is 36.6. The molecule has 332 valence electrons. The van der Waals surface area contributed by atoms with Crippen molar-refractivity contribution in [2.75, 3.05) is 56.2 Å². The van der Waals surface area contributed by atoms with Crippen molar-refractivity contribution in [2.24, 2.45) is 11.3 Å². The minimum absolute atomic E-state index is 0.0708. The Labute approximate surface area is 366 Å². The number of benzene rings is 3. The zero-order valence-corrected chi connectivity index (χ0v) is 36.5. The molecule has 4 fully saturated rings. The maximum atomic E-state index is 15.4. The lowest BCUT2D eigenvalue weighted by Crippen LogP contribution is -2.63. The van der Waals surface area contributed by atoms with E-state index in [0.717, 1.165) is 63.6 Å². The number of halogens is 1. The number of hydrogen-bond acceptors (Lipinski definition) is 11. The Hall–Kier alpha value is -5.58. The standard InChI is InChI=1S/C47H54FN7O7S/c1-30(2)35-6-3-4-7-36(35)37-8-5-9-40(37)54-28-47(29-54)17-20-53(21-18-47)33-10-12-38(42(25-33)62-43-24-32-14-19-49-45(32)51-44(43)48)46(56)52-63(59,60)34-11-13-39(41(26-34)55(57)58)50-27-31-15-22-61-23-16-31/h3-4,6-7,10-14,19,24-26,30-31,37,40,50H,5,8-9,15-18,20-23,27-29H2,1-2H3,(H,49,51)(H,52,56)/t37-,40-/m1/s1. The SMILES string of the molecule is CC(C)c1ccccc1[C@H]1CCC[C@H]1N1CC2(CCN(c3ccc(C(=O)NS(=O)(=O)c4ccc(NCC5CCOCC5)c([N+](=O)[O-])c4)c(Oc4cc5cc[nH]c5nc4F)c3)CC2)C1. The molecular formula is C47H54FN7O7S. The number of piperidine rings is 1. The van der Waals surface area contributed by atoms with Crippen molar-refractivity contribution in [3.05, 3.63) is 112 Å². The number of carbonyl (C=O) groups is 1. The van der Waals surface area contributed by atoms with Crippen LogP contribution in [0, 0.1) is 27.4 Å². The van der Waals surface area contributed by atoms with Gasteiger partial charge in [-0.2, -0.15) is 9.37 Å². The van der Waals surface area contributed by atoms with Crippen molar-refractivity contribution in [2.45, 2.75) is 81.6 Å². The fraction of sp³-hybridized carbons (Fsp3) is 0.447. The van der Waals surface area contributed by atoms with Gasteiger partial charge in [0.1, 0.15) is 17.1 Å². The molecule has 4 aliphatic rings. The molecular weight excluding hydrogens is 826 g/mol. The molecule has 3 N–H and O–H groups in total. The largest absolute Gasteiger partial charge is 0.452 e. The van der Waals surface area contributed by atoms with Crippen LogP contribution < -0.4 is 19.7 Å². The van der Waals surface area contributed by atoms with Crippen molar-refractivity contribution in [3.8, 4) is 11.5 Å². The van der Waals surface area contributed by atoms with Gasteiger partial charge in [0.25, 0.3) is 27.6 Å². The van der Waals surface area contributed by atoms with Crippen molar-refractivity contribution in [1.29, 1.82) is 0 Å². The van der Waals surface area contributed by atoms with Gasteiger partial charge in [-0.1, -0.05) is 44.5 Å². The lowest BCUT2D eigenvalue weighted by molar-refractivity contribution is -0.384. The predicted molar refractivity (Wildman–Crippen MR) is 239 cm³/mol. The number of nitrogens with zero attached hydrogens (tertiary/aromatic N) is 4. The number of aromatic nitrogens is 2. The van der Waals surface area contributed by atoms with Crippen LogP contribution in [-0.2, 0) is 14.8 Å². The van der Waals surface area contributed by atoms with Crippen LogP contribution in [0.25, 0.3) is 11.0 Å². The van der Waals surface area contributed by atoms with E-state index in [1.54, 1.807) is 24.4 Å². The third-order valence-corrected chi connectivity index (χ3v) is 15.1. The highest BCUT2D eigenvalue weighted by molar-refractivity contribution is 7.90. The van der Waals surface area contributed by atoms with E-state index in [4.69, 9.17) is 9.47 Å². The summed E-state index contributed by atoms with van der Waals surface area (Å²) in [7, 11) is -4.62. The van der Waals surface area contributed by atoms with Gasteiger partial charge in [-0.25, -0.2) is 13.1 Å². The molecule has 9 rings (SSSR count). The molecule has 0 unspecified atom stereocenters. The molecule has 1 spiro atoms. The third-order valence-electron chi connectivity index (χ3n) is 13.7. The Morgan fingerprint density at radius 1 is 1.02 bits per heavy atom. The van der Waals surface area contributed by atoms with E-state index in [9.17, 15) is 23.3 Å². The zero-order chi connectivity index (χ0) is 43.9. The molecule has 63 heavy (non-hydrogen) atoms. The zero-order valence-electron chi connectivity index (χ0n) is 35.6. The molecule has 14 nitrogen and oxygen atoms in total. The molecule has 2 atom stereocenters. The van der Waals surface area contributed by atoms with Gasteiger partial charge in [-0.15, -0.1) is 0 Å². The minimum Gasteiger partial charge on any atom is -0.452 e. The van der Waals surface area contributed by atoms with Gasteiger partial charge in [-0.05, 0) is 109 Å². The lowest BCUT2D eigenvalue weighted by Gasteiger charge is -2.57. The summed E-state index contributed by atoms with van der Waals surface area (Å²) in [6, 6.07) is 21.0. The van der Waals surface area contributed by atoms with Crippen LogP contribution in [0.15, 0.2) is 83.9 Å². The number of pyridine rings is 1. The Balaban J connectivity index is 0.916. The second kappa shape index (κ2) is 17.5. The number of fused-ring (bicyclic) bond motifs is 1. The van der Waals surface area contributed by atoms with E-state index in [1.165, 1.54) is 54.7 Å². The fourth-order valence-corrected chi connectivity index (χ4v) is 11.2. The number of aromatic amines is 1. The highest BCUT2D eigenvalue weighted by Crippen LogP contribution is 2.49. The maximum Gasteiger partial charge on any atom is 0.293 e. The fourth-order valence-electron chi connectivity index (χ4n) is 10.2. The Morgan fingerprint density at radius 3 is 2.56 bits per heavy atom. The van der Waals surface area contributed by atoms with Crippen molar-refractivity contribution in [1.82, 2.24) is 19.6 Å². The summed E-state index contributed by atoms with van der Waals surface area (Å²) in [6.07, 6.45) is 8.89. The number of anilines is 2. The summed E-state index contributed by atoms with van der Waals surface area (Å²) in [5.41, 5.74) is 3.81. The van der Waals surface area contributed by atoms with Crippen LogP contribution in [0.4, 0.5) is 21.5 Å². The molecule has 1 aliphatic carbocycles. The summed E-state index contributed by atoms with van der Waals surface area (Å²) >= 11 is 0. The normalized spacial score (nSPS) is 20.5. The van der Waals surface area contributed by atoms with E-state index in [-0.39, 0.29) is 34.1 Å². The van der Waals surface area contributed by atoms with Crippen LogP contribution in [0.1, 0.15) is 92.1 Å². The van der Waals surface area contributed by atoms with Gasteiger partial charge < -0.3 is 24.7 Å². The van der Waals surface area contributed by atoms with Gasteiger partial charge in [0.05, 0.1) is 15.4 Å². The van der Waals surface area contributed by atoms with E-state index in [0.29, 0.717) is 48.7 Å². The number of ether oxygens (including phenoxy) is 2. The Bertz CT molecular complexity index is 2620. The van der Waals surface area contributed by atoms with Gasteiger partial charge in [0.2, 0.25) is 0 Å². The number of sulfonamides is 1. The van der Waals surface area contributed by atoms with E-state index in [2.05, 4.69) is 67.9 Å². The van der Waals surface area contributed by atoms with Crippen molar-refractivity contribution >= 4 is 44.0 Å². The van der Waals surface area contributed by atoms with Crippen LogP contribution in [-0.4, -0.2) is 86.1 Å². The Kier molecular flexibility index (Phi) is 11.9. The second-order valence-corrected chi connectivity index (χ2v) is 19.7. The molecule has 3 aliphatic heterocycles. The lowest BCUT2D eigenvalue weighted by atomic mass is 9.70. The molecule has 0 radical (unpaired) electrons. The van der Waals surface area contributed by atoms with Crippen molar-refractivity contribution < 1.29 is 32.0 Å². The monoisotopic (exact) mass is 879 g/mol. The van der Waals surface area contributed by atoms with Crippen LogP contribution in [0.3, 0.4) is 0 Å². The Morgan fingerprint density at radius 2 is 1.79 bits per heavy atom. The average molecular weight is 880 g/mol. The number of amides is 1. The quantitative estimate of drug-likeness (QED) is 0.0587. The summed E-state index contributed by atoms with van der Waals surface area (Å²) in [5, 5.41) is 15.7. The van der Waals surface area contributed by atoms with Gasteiger partial charge >= 0.3 is 0 Å². The van der Waals surface area contributed by atoms with Gasteiger partial charge in [-0.3, -0.25) is 19.8 Å². The first kappa shape index (κ1) is 42.7. The van der Waals surface area contributed by atoms with E-state index >= 15 is 4.39 Å². The van der Waals surface area contributed by atoms with Crippen molar-refractivity contribution in [3.63, 3.8) is 0 Å². The number of H-pyrrole nitrogens is 1. The maximum absolute atomic E-state index is 15.4. The summed E-state index contributed by atoms with van der Waals surface area (Å²) < 4.78 is 56.3. The van der Waals surface area contributed by atoms with E-state index < -0.39 is 37.4 Å². The number of likely N-dealkylation sites (tertiary alicyclic amines) is 1. The average Bonchev–Trinajstić information content (AvgIpc) is 3.95. The molecule has 0 bridgehead atoms. The van der Waals surface area contributed by atoms with Gasteiger partial charge in [0, 0.05) is 81.4 Å². The molecule has 5 aromatic rings. The molecule has 2 aromatic heterocycles. The second-order valence-electron chi connectivity index (χ2n) is 18.1. The summed E-state index contributed by atoms with van der Waals surface area (Å²) in [6.45, 7) is 9.92. The highest BCUT2D eigenvalue weighted by Gasteiger charge is 2.49. The number of carbonyl (C=O) groups excluding carboxylic acids is 1. The molecule has 3 saturated heterocycles. The smallest absolute Gasteiger partial charge is 0.293 e. The molecule has 3 aromatic carbocycles.